The van der Waals surface area contributed by atoms with Crippen LogP contribution in [0.5, 0.6) is 17.2 Å². The molecular formula is C23H30N2O5. The fraction of sp³-hybridized carbons (Fsp3) is 0.391. The van der Waals surface area contributed by atoms with E-state index < -0.39 is 11.8 Å². The summed E-state index contributed by atoms with van der Waals surface area (Å²) >= 11 is 0. The van der Waals surface area contributed by atoms with Crippen molar-refractivity contribution in [3.8, 4) is 17.2 Å². The number of hydrazine groups is 1. The van der Waals surface area contributed by atoms with Crippen LogP contribution in [-0.4, -0.2) is 32.1 Å². The Morgan fingerprint density at radius 1 is 0.933 bits per heavy atom. The molecule has 0 fully saturated rings. The maximum absolute atomic E-state index is 12.3. The summed E-state index contributed by atoms with van der Waals surface area (Å²) in [4.78, 5) is 24.3. The van der Waals surface area contributed by atoms with Crippen LogP contribution >= 0.6 is 0 Å². The van der Waals surface area contributed by atoms with Crippen LogP contribution in [0.2, 0.25) is 0 Å². The van der Waals surface area contributed by atoms with Gasteiger partial charge in [0.15, 0.2) is 18.1 Å². The van der Waals surface area contributed by atoms with Gasteiger partial charge in [-0.05, 0) is 67.6 Å². The summed E-state index contributed by atoms with van der Waals surface area (Å²) in [6.07, 6.45) is 0.918. The number of amides is 2. The number of methoxy groups -OCH3 is 1. The van der Waals surface area contributed by atoms with Crippen molar-refractivity contribution in [3.05, 3.63) is 53.1 Å². The van der Waals surface area contributed by atoms with Crippen LogP contribution in [0.25, 0.3) is 0 Å². The SMILES string of the molecule is COc1cc(C(=O)NNC(=O)COc2cc(C)cc(C)c2)ccc1OCCC(C)C. The summed E-state index contributed by atoms with van der Waals surface area (Å²) in [7, 11) is 1.51. The second kappa shape index (κ2) is 11.1. The van der Waals surface area contributed by atoms with E-state index in [1.807, 2.05) is 32.0 Å². The van der Waals surface area contributed by atoms with Crippen LogP contribution in [0.1, 0.15) is 41.8 Å². The Hall–Kier alpha value is -3.22. The van der Waals surface area contributed by atoms with Crippen molar-refractivity contribution in [2.24, 2.45) is 5.92 Å². The van der Waals surface area contributed by atoms with Gasteiger partial charge >= 0.3 is 0 Å². The Balaban J connectivity index is 1.86. The van der Waals surface area contributed by atoms with Crippen LogP contribution in [-0.2, 0) is 4.79 Å². The summed E-state index contributed by atoms with van der Waals surface area (Å²) in [5, 5.41) is 0. The van der Waals surface area contributed by atoms with Crippen molar-refractivity contribution in [1.82, 2.24) is 10.9 Å². The average molecular weight is 415 g/mol. The Labute approximate surface area is 177 Å². The van der Waals surface area contributed by atoms with Gasteiger partial charge in [0.1, 0.15) is 5.75 Å². The van der Waals surface area contributed by atoms with Crippen molar-refractivity contribution >= 4 is 11.8 Å². The first-order valence-electron chi connectivity index (χ1n) is 9.89. The lowest BCUT2D eigenvalue weighted by Gasteiger charge is -2.13. The quantitative estimate of drug-likeness (QED) is 0.613. The molecule has 0 atom stereocenters. The zero-order valence-electron chi connectivity index (χ0n) is 18.2. The van der Waals surface area contributed by atoms with Crippen molar-refractivity contribution < 1.29 is 23.8 Å². The highest BCUT2D eigenvalue weighted by molar-refractivity contribution is 5.96. The van der Waals surface area contributed by atoms with Crippen molar-refractivity contribution in [3.63, 3.8) is 0 Å². The first kappa shape index (κ1) is 23.1. The van der Waals surface area contributed by atoms with E-state index >= 15 is 0 Å². The molecule has 0 aliphatic heterocycles. The van der Waals surface area contributed by atoms with Crippen LogP contribution in [0.4, 0.5) is 0 Å². The predicted octanol–water partition coefficient (Wildman–Crippen LogP) is 3.58. The molecule has 162 valence electrons. The van der Waals surface area contributed by atoms with E-state index in [0.717, 1.165) is 17.5 Å². The molecule has 0 saturated carbocycles. The summed E-state index contributed by atoms with van der Waals surface area (Å²) in [5.74, 6) is 1.22. The molecule has 2 amide bonds. The first-order chi connectivity index (χ1) is 14.3. The number of carbonyl (C=O) groups is 2. The molecule has 7 heteroatoms. The summed E-state index contributed by atoms with van der Waals surface area (Å²) in [6, 6.07) is 10.6. The molecule has 0 unspecified atom stereocenters. The Morgan fingerprint density at radius 3 is 2.27 bits per heavy atom. The zero-order chi connectivity index (χ0) is 22.1. The fourth-order valence-corrected chi connectivity index (χ4v) is 2.73. The lowest BCUT2D eigenvalue weighted by molar-refractivity contribution is -0.123. The minimum absolute atomic E-state index is 0.213. The normalized spacial score (nSPS) is 10.5. The van der Waals surface area contributed by atoms with E-state index in [-0.39, 0.29) is 6.61 Å². The number of hydrogen-bond donors (Lipinski definition) is 2. The molecule has 0 spiro atoms. The predicted molar refractivity (Wildman–Crippen MR) is 115 cm³/mol. The van der Waals surface area contributed by atoms with Gasteiger partial charge in [-0.25, -0.2) is 0 Å². The number of ether oxygens (including phenoxy) is 3. The van der Waals surface area contributed by atoms with Gasteiger partial charge in [0, 0.05) is 5.56 Å². The van der Waals surface area contributed by atoms with Gasteiger partial charge in [0.05, 0.1) is 13.7 Å². The molecule has 0 radical (unpaired) electrons. The van der Waals surface area contributed by atoms with E-state index in [1.165, 1.54) is 7.11 Å². The molecule has 2 aromatic carbocycles. The number of carbonyl (C=O) groups excluding carboxylic acids is 2. The minimum atomic E-state index is -0.471. The van der Waals surface area contributed by atoms with Gasteiger partial charge in [0.25, 0.3) is 11.8 Å². The molecule has 0 heterocycles. The molecule has 0 aliphatic rings. The monoisotopic (exact) mass is 414 g/mol. The average Bonchev–Trinajstić information content (AvgIpc) is 2.69. The van der Waals surface area contributed by atoms with E-state index in [9.17, 15) is 9.59 Å². The molecule has 2 N–H and O–H groups in total. The maximum atomic E-state index is 12.3. The lowest BCUT2D eigenvalue weighted by Crippen LogP contribution is -2.43. The molecule has 30 heavy (non-hydrogen) atoms. The topological polar surface area (TPSA) is 85.9 Å². The van der Waals surface area contributed by atoms with Crippen molar-refractivity contribution in [2.45, 2.75) is 34.1 Å². The highest BCUT2D eigenvalue weighted by Gasteiger charge is 2.13. The second-order valence-corrected chi connectivity index (χ2v) is 7.51. The molecular weight excluding hydrogens is 384 g/mol. The molecule has 2 aromatic rings. The third-order valence-electron chi connectivity index (χ3n) is 4.26. The molecule has 2 rings (SSSR count). The highest BCUT2D eigenvalue weighted by atomic mass is 16.5. The molecule has 0 bridgehead atoms. The Bertz CT molecular complexity index is 860. The van der Waals surface area contributed by atoms with Crippen LogP contribution in [0.3, 0.4) is 0 Å². The van der Waals surface area contributed by atoms with Crippen molar-refractivity contribution in [1.29, 1.82) is 0 Å². The maximum Gasteiger partial charge on any atom is 0.276 e. The highest BCUT2D eigenvalue weighted by Crippen LogP contribution is 2.28. The fourth-order valence-electron chi connectivity index (χ4n) is 2.73. The summed E-state index contributed by atoms with van der Waals surface area (Å²) < 4.78 is 16.5. The first-order valence-corrected chi connectivity index (χ1v) is 9.89. The number of aryl methyl sites for hydroxylation is 2. The zero-order valence-corrected chi connectivity index (χ0v) is 18.2. The minimum Gasteiger partial charge on any atom is -0.493 e. The van der Waals surface area contributed by atoms with Gasteiger partial charge in [0.2, 0.25) is 0 Å². The van der Waals surface area contributed by atoms with Gasteiger partial charge in [-0.2, -0.15) is 0 Å². The van der Waals surface area contributed by atoms with Gasteiger partial charge in [-0.1, -0.05) is 19.9 Å². The number of benzene rings is 2. The number of hydrogen-bond acceptors (Lipinski definition) is 5. The van der Waals surface area contributed by atoms with E-state index in [4.69, 9.17) is 14.2 Å². The standard InChI is InChI=1S/C23H30N2O5/c1-15(2)8-9-29-20-7-6-18(13-21(20)28-5)23(27)25-24-22(26)14-30-19-11-16(3)10-17(4)12-19/h6-7,10-13,15H,8-9,14H2,1-5H3,(H,24,26)(H,25,27). The summed E-state index contributed by atoms with van der Waals surface area (Å²) in [5.41, 5.74) is 7.14. The largest absolute Gasteiger partial charge is 0.493 e. The third kappa shape index (κ3) is 7.31. The van der Waals surface area contributed by atoms with Crippen LogP contribution in [0, 0.1) is 19.8 Å². The van der Waals surface area contributed by atoms with Gasteiger partial charge in [-0.3, -0.25) is 20.4 Å². The molecule has 0 aliphatic carbocycles. The number of nitrogens with one attached hydrogen (secondary N) is 2. The van der Waals surface area contributed by atoms with Gasteiger partial charge < -0.3 is 14.2 Å². The molecule has 0 aromatic heterocycles. The van der Waals surface area contributed by atoms with E-state index in [2.05, 4.69) is 24.7 Å². The third-order valence-corrected chi connectivity index (χ3v) is 4.26. The Morgan fingerprint density at radius 2 is 1.63 bits per heavy atom. The number of rotatable bonds is 9. The second-order valence-electron chi connectivity index (χ2n) is 7.51. The lowest BCUT2D eigenvalue weighted by atomic mass is 10.1. The van der Waals surface area contributed by atoms with Crippen LogP contribution in [0.15, 0.2) is 36.4 Å². The smallest absolute Gasteiger partial charge is 0.276 e. The molecule has 7 nitrogen and oxygen atoms in total. The van der Waals surface area contributed by atoms with Crippen molar-refractivity contribution in [2.75, 3.05) is 20.3 Å². The molecule has 0 saturated heterocycles. The Kier molecular flexibility index (Phi) is 8.53. The van der Waals surface area contributed by atoms with Gasteiger partial charge in [-0.15, -0.1) is 0 Å². The van der Waals surface area contributed by atoms with E-state index in [0.29, 0.717) is 35.3 Å². The van der Waals surface area contributed by atoms with Crippen LogP contribution < -0.4 is 25.1 Å². The summed E-state index contributed by atoms with van der Waals surface area (Å²) in [6.45, 7) is 8.50. The van der Waals surface area contributed by atoms with E-state index in [1.54, 1.807) is 18.2 Å².